The fourth-order valence-corrected chi connectivity index (χ4v) is 1.60. The lowest BCUT2D eigenvalue weighted by atomic mass is 10.2. The maximum atomic E-state index is 11.7. The van der Waals surface area contributed by atoms with E-state index >= 15 is 0 Å². The highest BCUT2D eigenvalue weighted by Gasteiger charge is 2.00. The molecule has 0 aliphatic carbocycles. The summed E-state index contributed by atoms with van der Waals surface area (Å²) >= 11 is 0. The van der Waals surface area contributed by atoms with Crippen LogP contribution in [-0.4, -0.2) is 16.7 Å². The van der Waals surface area contributed by atoms with Gasteiger partial charge in [-0.3, -0.25) is 9.36 Å². The number of nitrogens with zero attached hydrogens (tertiary/aromatic N) is 2. The van der Waals surface area contributed by atoms with Gasteiger partial charge in [-0.05, 0) is 24.6 Å². The Morgan fingerprint density at radius 1 is 1.35 bits per heavy atom. The third kappa shape index (κ3) is 2.72. The van der Waals surface area contributed by atoms with Crippen molar-refractivity contribution in [3.63, 3.8) is 0 Å². The topological polar surface area (TPSA) is 44.1 Å². The number of hydrogen-bond donors (Lipinski definition) is 0. The molecule has 0 N–H and O–H groups in total. The van der Waals surface area contributed by atoms with Gasteiger partial charge in [0, 0.05) is 11.8 Å². The molecule has 4 nitrogen and oxygen atoms in total. The van der Waals surface area contributed by atoms with Crippen molar-refractivity contribution in [2.45, 2.75) is 13.5 Å². The van der Waals surface area contributed by atoms with Crippen molar-refractivity contribution in [2.24, 2.45) is 0 Å². The summed E-state index contributed by atoms with van der Waals surface area (Å²) in [4.78, 5) is 15.8. The largest absolute Gasteiger partial charge is 0.497 e. The lowest BCUT2D eigenvalue weighted by molar-refractivity contribution is 0.414. The van der Waals surface area contributed by atoms with Gasteiger partial charge in [-0.1, -0.05) is 12.1 Å². The molecule has 0 aliphatic heterocycles. The van der Waals surface area contributed by atoms with Crippen molar-refractivity contribution in [3.8, 4) is 5.75 Å². The van der Waals surface area contributed by atoms with Crippen molar-refractivity contribution in [1.29, 1.82) is 0 Å². The zero-order valence-corrected chi connectivity index (χ0v) is 9.88. The number of hydrogen-bond acceptors (Lipinski definition) is 3. The van der Waals surface area contributed by atoms with Crippen LogP contribution >= 0.6 is 0 Å². The van der Waals surface area contributed by atoms with Crippen LogP contribution in [0.4, 0.5) is 0 Å². The molecule has 0 saturated carbocycles. The highest BCUT2D eigenvalue weighted by atomic mass is 16.5. The summed E-state index contributed by atoms with van der Waals surface area (Å²) in [6.07, 6.45) is 1.57. The van der Waals surface area contributed by atoms with Gasteiger partial charge in [-0.2, -0.15) is 0 Å². The third-order valence-corrected chi connectivity index (χ3v) is 2.50. The molecular formula is C13H14N2O2. The Labute approximate surface area is 99.5 Å². The molecule has 88 valence electrons. The van der Waals surface area contributed by atoms with E-state index in [9.17, 15) is 4.79 Å². The molecule has 0 spiro atoms. The monoisotopic (exact) mass is 230 g/mol. The summed E-state index contributed by atoms with van der Waals surface area (Å²) in [7, 11) is 1.62. The molecule has 0 unspecified atom stereocenters. The standard InChI is InChI=1S/C13H14N2O2/c1-10-6-13(16)15(9-14-10)8-11-4-3-5-12(7-11)17-2/h3-7,9H,8H2,1-2H3. The molecular weight excluding hydrogens is 216 g/mol. The predicted octanol–water partition coefficient (Wildman–Crippen LogP) is 1.61. The number of rotatable bonds is 3. The first kappa shape index (κ1) is 11.4. The van der Waals surface area contributed by atoms with Crippen LogP contribution in [0.2, 0.25) is 0 Å². The number of ether oxygens (including phenoxy) is 1. The molecule has 1 aromatic heterocycles. The maximum absolute atomic E-state index is 11.7. The fraction of sp³-hybridized carbons (Fsp3) is 0.231. The van der Waals surface area contributed by atoms with E-state index in [1.165, 1.54) is 6.07 Å². The number of aromatic nitrogens is 2. The summed E-state index contributed by atoms with van der Waals surface area (Å²) in [6.45, 7) is 2.31. The Balaban J connectivity index is 2.28. The van der Waals surface area contributed by atoms with Crippen LogP contribution in [0.15, 0.2) is 41.5 Å². The summed E-state index contributed by atoms with van der Waals surface area (Å²) in [5.74, 6) is 0.788. The van der Waals surface area contributed by atoms with E-state index in [1.807, 2.05) is 24.3 Å². The van der Waals surface area contributed by atoms with Crippen LogP contribution in [0.1, 0.15) is 11.3 Å². The Hall–Kier alpha value is -2.10. The maximum Gasteiger partial charge on any atom is 0.253 e. The van der Waals surface area contributed by atoms with Crippen molar-refractivity contribution >= 4 is 0 Å². The van der Waals surface area contributed by atoms with E-state index in [1.54, 1.807) is 24.9 Å². The summed E-state index contributed by atoms with van der Waals surface area (Å²) in [6, 6.07) is 9.17. The SMILES string of the molecule is COc1cccc(Cn2cnc(C)cc2=O)c1. The number of aryl methyl sites for hydroxylation is 1. The van der Waals surface area contributed by atoms with Crippen LogP contribution in [0.5, 0.6) is 5.75 Å². The van der Waals surface area contributed by atoms with Crippen LogP contribution in [0, 0.1) is 6.92 Å². The first-order valence-corrected chi connectivity index (χ1v) is 5.35. The van der Waals surface area contributed by atoms with Gasteiger partial charge in [0.1, 0.15) is 5.75 Å². The van der Waals surface area contributed by atoms with E-state index in [0.717, 1.165) is 17.0 Å². The smallest absolute Gasteiger partial charge is 0.253 e. The zero-order chi connectivity index (χ0) is 12.3. The molecule has 2 aromatic rings. The van der Waals surface area contributed by atoms with Crippen molar-refractivity contribution in [3.05, 3.63) is 58.3 Å². The Kier molecular flexibility index (Phi) is 3.23. The lowest BCUT2D eigenvalue weighted by Gasteiger charge is -2.07. The van der Waals surface area contributed by atoms with Crippen LogP contribution < -0.4 is 10.3 Å². The second-order valence-electron chi connectivity index (χ2n) is 3.85. The molecule has 17 heavy (non-hydrogen) atoms. The molecule has 2 rings (SSSR count). The van der Waals surface area contributed by atoms with Crippen LogP contribution in [-0.2, 0) is 6.54 Å². The van der Waals surface area contributed by atoms with Gasteiger partial charge >= 0.3 is 0 Å². The first-order valence-electron chi connectivity index (χ1n) is 5.35. The lowest BCUT2D eigenvalue weighted by Crippen LogP contribution is -2.20. The molecule has 0 aliphatic rings. The highest BCUT2D eigenvalue weighted by molar-refractivity contribution is 5.28. The van der Waals surface area contributed by atoms with Crippen molar-refractivity contribution in [2.75, 3.05) is 7.11 Å². The average molecular weight is 230 g/mol. The molecule has 4 heteroatoms. The van der Waals surface area contributed by atoms with Crippen molar-refractivity contribution < 1.29 is 4.74 Å². The Morgan fingerprint density at radius 3 is 2.88 bits per heavy atom. The summed E-state index contributed by atoms with van der Waals surface area (Å²) in [5, 5.41) is 0. The Bertz CT molecular complexity index is 576. The van der Waals surface area contributed by atoms with Gasteiger partial charge < -0.3 is 4.74 Å². The van der Waals surface area contributed by atoms with Crippen LogP contribution in [0.25, 0.3) is 0 Å². The van der Waals surface area contributed by atoms with Gasteiger partial charge in [0.2, 0.25) is 0 Å². The van der Waals surface area contributed by atoms with Crippen LogP contribution in [0.3, 0.4) is 0 Å². The zero-order valence-electron chi connectivity index (χ0n) is 9.88. The first-order chi connectivity index (χ1) is 8.19. The molecule has 0 bridgehead atoms. The molecule has 0 amide bonds. The molecule has 1 aromatic carbocycles. The minimum absolute atomic E-state index is 0.0414. The minimum Gasteiger partial charge on any atom is -0.497 e. The van der Waals surface area contributed by atoms with Gasteiger partial charge in [0.05, 0.1) is 20.0 Å². The molecule has 0 fully saturated rings. The highest BCUT2D eigenvalue weighted by Crippen LogP contribution is 2.12. The van der Waals surface area contributed by atoms with E-state index in [4.69, 9.17) is 4.74 Å². The van der Waals surface area contributed by atoms with Gasteiger partial charge in [-0.15, -0.1) is 0 Å². The van der Waals surface area contributed by atoms with E-state index in [-0.39, 0.29) is 5.56 Å². The number of methoxy groups -OCH3 is 1. The van der Waals surface area contributed by atoms with Gasteiger partial charge in [0.25, 0.3) is 5.56 Å². The minimum atomic E-state index is -0.0414. The van der Waals surface area contributed by atoms with Gasteiger partial charge in [0.15, 0.2) is 0 Å². The quantitative estimate of drug-likeness (QED) is 0.804. The summed E-state index contributed by atoms with van der Waals surface area (Å²) in [5.41, 5.74) is 1.70. The average Bonchev–Trinajstić information content (AvgIpc) is 2.33. The van der Waals surface area contributed by atoms with E-state index in [2.05, 4.69) is 4.98 Å². The third-order valence-electron chi connectivity index (χ3n) is 2.50. The fourth-order valence-electron chi connectivity index (χ4n) is 1.60. The number of benzene rings is 1. The second kappa shape index (κ2) is 4.82. The molecule has 0 radical (unpaired) electrons. The molecule has 0 atom stereocenters. The normalized spacial score (nSPS) is 10.2. The Morgan fingerprint density at radius 2 is 2.18 bits per heavy atom. The van der Waals surface area contributed by atoms with E-state index in [0.29, 0.717) is 6.54 Å². The van der Waals surface area contributed by atoms with Gasteiger partial charge in [-0.25, -0.2) is 4.98 Å². The predicted molar refractivity (Wildman–Crippen MR) is 65.3 cm³/mol. The molecule has 0 saturated heterocycles. The summed E-state index contributed by atoms with van der Waals surface area (Å²) < 4.78 is 6.71. The second-order valence-corrected chi connectivity index (χ2v) is 3.85. The molecule has 1 heterocycles. The van der Waals surface area contributed by atoms with Crippen molar-refractivity contribution in [1.82, 2.24) is 9.55 Å². The van der Waals surface area contributed by atoms with E-state index < -0.39 is 0 Å².